The molecule has 20 heavy (non-hydrogen) atoms. The van der Waals surface area contributed by atoms with Crippen LogP contribution in [0.1, 0.15) is 45.6 Å². The molecule has 0 amide bonds. The zero-order valence-corrected chi connectivity index (χ0v) is 12.8. The highest BCUT2D eigenvalue weighted by Crippen LogP contribution is 2.43. The molecule has 3 atom stereocenters. The third kappa shape index (κ3) is 2.83. The zero-order valence-electron chi connectivity index (χ0n) is 12.8. The Morgan fingerprint density at radius 1 is 1.30 bits per heavy atom. The van der Waals surface area contributed by atoms with Crippen LogP contribution in [0.3, 0.4) is 0 Å². The molecule has 2 nitrogen and oxygen atoms in total. The molecular weight excluding hydrogens is 255 g/mol. The van der Waals surface area contributed by atoms with Crippen molar-refractivity contribution in [2.75, 3.05) is 7.11 Å². The molecule has 1 fully saturated rings. The number of aliphatic hydroxyl groups excluding tert-OH is 1. The Morgan fingerprint density at radius 2 is 2.00 bits per heavy atom. The Morgan fingerprint density at radius 3 is 2.55 bits per heavy atom. The van der Waals surface area contributed by atoms with E-state index in [9.17, 15) is 9.50 Å². The molecule has 3 heteroatoms. The van der Waals surface area contributed by atoms with Crippen LogP contribution in [0, 0.1) is 17.7 Å². The van der Waals surface area contributed by atoms with Gasteiger partial charge in [0.25, 0.3) is 0 Å². The van der Waals surface area contributed by atoms with E-state index in [2.05, 4.69) is 20.8 Å². The predicted molar refractivity (Wildman–Crippen MR) is 78.5 cm³/mol. The third-order valence-electron chi connectivity index (χ3n) is 4.90. The Balaban J connectivity index is 2.27. The van der Waals surface area contributed by atoms with Crippen LogP contribution in [-0.2, 0) is 5.41 Å². The summed E-state index contributed by atoms with van der Waals surface area (Å²) in [6.07, 6.45) is 2.65. The molecule has 0 aliphatic heterocycles. The number of halogens is 1. The molecule has 1 saturated carbocycles. The van der Waals surface area contributed by atoms with Gasteiger partial charge in [0.15, 0.2) is 11.6 Å². The van der Waals surface area contributed by atoms with Crippen molar-refractivity contribution in [3.63, 3.8) is 0 Å². The number of rotatable bonds is 3. The molecule has 2 rings (SSSR count). The van der Waals surface area contributed by atoms with Gasteiger partial charge in [0.2, 0.25) is 0 Å². The van der Waals surface area contributed by atoms with E-state index in [1.54, 1.807) is 12.1 Å². The fraction of sp³-hybridized carbons (Fsp3) is 0.647. The van der Waals surface area contributed by atoms with Crippen LogP contribution < -0.4 is 4.74 Å². The summed E-state index contributed by atoms with van der Waals surface area (Å²) in [5.74, 6) is 0.676. The van der Waals surface area contributed by atoms with E-state index in [0.29, 0.717) is 5.92 Å². The van der Waals surface area contributed by atoms with E-state index in [-0.39, 0.29) is 29.0 Å². The van der Waals surface area contributed by atoms with Gasteiger partial charge in [-0.05, 0) is 47.8 Å². The quantitative estimate of drug-likeness (QED) is 0.909. The third-order valence-corrected chi connectivity index (χ3v) is 4.90. The summed E-state index contributed by atoms with van der Waals surface area (Å²) in [4.78, 5) is 0. The maximum Gasteiger partial charge on any atom is 0.165 e. The smallest absolute Gasteiger partial charge is 0.165 e. The highest BCUT2D eigenvalue weighted by Gasteiger charge is 2.39. The number of methoxy groups -OCH3 is 1. The molecule has 0 spiro atoms. The van der Waals surface area contributed by atoms with Crippen LogP contribution in [-0.4, -0.2) is 18.3 Å². The second-order valence-corrected chi connectivity index (χ2v) is 6.66. The van der Waals surface area contributed by atoms with Crippen molar-refractivity contribution in [3.05, 3.63) is 29.6 Å². The minimum absolute atomic E-state index is 0.173. The number of hydrogen-bond acceptors (Lipinski definition) is 2. The first-order valence-electron chi connectivity index (χ1n) is 7.38. The minimum Gasteiger partial charge on any atom is -0.494 e. The van der Waals surface area contributed by atoms with Gasteiger partial charge in [-0.3, -0.25) is 0 Å². The van der Waals surface area contributed by atoms with Crippen molar-refractivity contribution in [2.45, 2.75) is 51.6 Å². The average Bonchev–Trinajstić information content (AvgIpc) is 2.38. The lowest BCUT2D eigenvalue weighted by Gasteiger charge is -2.42. The summed E-state index contributed by atoms with van der Waals surface area (Å²) in [6.45, 7) is 6.37. The Hall–Kier alpha value is -1.09. The molecule has 1 aliphatic carbocycles. The number of aliphatic hydroxyl groups is 1. The molecule has 0 radical (unpaired) electrons. The predicted octanol–water partition coefficient (Wildman–Crippen LogP) is 3.91. The van der Waals surface area contributed by atoms with Crippen LogP contribution in [0.5, 0.6) is 5.75 Å². The van der Waals surface area contributed by atoms with Crippen molar-refractivity contribution >= 4 is 0 Å². The second kappa shape index (κ2) is 5.72. The standard InChI is InChI=1S/C17H25FO2/c1-11-5-7-13(15(19)9-11)17(2,3)12-6-8-16(20-4)14(18)10-12/h6,8,10-11,13,15,19H,5,7,9H2,1-4H3. The van der Waals surface area contributed by atoms with Gasteiger partial charge in [0, 0.05) is 0 Å². The summed E-state index contributed by atoms with van der Waals surface area (Å²) in [5.41, 5.74) is 0.682. The molecule has 0 saturated heterocycles. The Bertz CT molecular complexity index is 470. The molecule has 1 aromatic rings. The Labute approximate surface area is 121 Å². The second-order valence-electron chi connectivity index (χ2n) is 6.66. The van der Waals surface area contributed by atoms with Crippen LogP contribution in [0.2, 0.25) is 0 Å². The van der Waals surface area contributed by atoms with Crippen molar-refractivity contribution in [3.8, 4) is 5.75 Å². The van der Waals surface area contributed by atoms with Gasteiger partial charge in [0.05, 0.1) is 13.2 Å². The van der Waals surface area contributed by atoms with Crippen LogP contribution in [0.25, 0.3) is 0 Å². The summed E-state index contributed by atoms with van der Waals surface area (Å²) >= 11 is 0. The normalized spacial score (nSPS) is 27.4. The van der Waals surface area contributed by atoms with Gasteiger partial charge < -0.3 is 9.84 Å². The van der Waals surface area contributed by atoms with Gasteiger partial charge >= 0.3 is 0 Å². The lowest BCUT2D eigenvalue weighted by molar-refractivity contribution is 0.0142. The lowest BCUT2D eigenvalue weighted by Crippen LogP contribution is -2.41. The van der Waals surface area contributed by atoms with E-state index in [1.807, 2.05) is 6.07 Å². The van der Waals surface area contributed by atoms with Crippen molar-refractivity contribution < 1.29 is 14.2 Å². The maximum absolute atomic E-state index is 13.9. The number of benzene rings is 1. The number of ether oxygens (including phenoxy) is 1. The highest BCUT2D eigenvalue weighted by atomic mass is 19.1. The van der Waals surface area contributed by atoms with Gasteiger partial charge in [-0.25, -0.2) is 4.39 Å². The van der Waals surface area contributed by atoms with E-state index in [4.69, 9.17) is 4.74 Å². The first kappa shape index (κ1) is 15.3. The average molecular weight is 280 g/mol. The molecule has 1 N–H and O–H groups in total. The van der Waals surface area contributed by atoms with Crippen LogP contribution in [0.15, 0.2) is 18.2 Å². The monoisotopic (exact) mass is 280 g/mol. The van der Waals surface area contributed by atoms with Gasteiger partial charge in [0.1, 0.15) is 0 Å². The molecule has 0 bridgehead atoms. The summed E-state index contributed by atoms with van der Waals surface area (Å²) in [6, 6.07) is 5.13. The number of hydrogen-bond donors (Lipinski definition) is 1. The summed E-state index contributed by atoms with van der Waals surface area (Å²) < 4.78 is 18.9. The van der Waals surface area contributed by atoms with Crippen LogP contribution >= 0.6 is 0 Å². The molecule has 112 valence electrons. The van der Waals surface area contributed by atoms with E-state index in [0.717, 1.165) is 24.8 Å². The van der Waals surface area contributed by atoms with Crippen molar-refractivity contribution in [1.82, 2.24) is 0 Å². The molecule has 0 heterocycles. The Kier molecular flexibility index (Phi) is 4.38. The van der Waals surface area contributed by atoms with E-state index in [1.165, 1.54) is 7.11 Å². The minimum atomic E-state index is -0.336. The van der Waals surface area contributed by atoms with E-state index < -0.39 is 0 Å². The van der Waals surface area contributed by atoms with Gasteiger partial charge in [-0.15, -0.1) is 0 Å². The topological polar surface area (TPSA) is 29.5 Å². The van der Waals surface area contributed by atoms with Crippen molar-refractivity contribution in [1.29, 1.82) is 0 Å². The van der Waals surface area contributed by atoms with E-state index >= 15 is 0 Å². The summed E-state index contributed by atoms with van der Waals surface area (Å²) in [5, 5.41) is 10.4. The molecule has 1 aromatic carbocycles. The molecular formula is C17H25FO2. The van der Waals surface area contributed by atoms with Gasteiger partial charge in [-0.2, -0.15) is 0 Å². The molecule has 1 aliphatic rings. The molecule has 0 aromatic heterocycles. The lowest BCUT2D eigenvalue weighted by atomic mass is 9.64. The summed E-state index contributed by atoms with van der Waals surface area (Å²) in [7, 11) is 1.47. The van der Waals surface area contributed by atoms with Crippen molar-refractivity contribution in [2.24, 2.45) is 11.8 Å². The van der Waals surface area contributed by atoms with Gasteiger partial charge in [-0.1, -0.05) is 33.3 Å². The SMILES string of the molecule is COc1ccc(C(C)(C)C2CCC(C)CC2O)cc1F. The fourth-order valence-electron chi connectivity index (χ4n) is 3.47. The maximum atomic E-state index is 13.9. The van der Waals surface area contributed by atoms with Crippen LogP contribution in [0.4, 0.5) is 4.39 Å². The largest absolute Gasteiger partial charge is 0.494 e. The fourth-order valence-corrected chi connectivity index (χ4v) is 3.47. The highest BCUT2D eigenvalue weighted by molar-refractivity contribution is 5.34. The first-order valence-corrected chi connectivity index (χ1v) is 7.38. The molecule has 3 unspecified atom stereocenters. The first-order chi connectivity index (χ1) is 9.36. The zero-order chi connectivity index (χ0) is 14.9.